The van der Waals surface area contributed by atoms with Gasteiger partial charge in [0, 0.05) is 10.7 Å². The van der Waals surface area contributed by atoms with E-state index in [1.807, 2.05) is 6.92 Å². The van der Waals surface area contributed by atoms with Crippen molar-refractivity contribution in [3.05, 3.63) is 93.3 Å². The fourth-order valence-corrected chi connectivity index (χ4v) is 4.85. The monoisotopic (exact) mass is 562 g/mol. The number of halogens is 4. The van der Waals surface area contributed by atoms with Gasteiger partial charge in [0.05, 0.1) is 16.2 Å². The van der Waals surface area contributed by atoms with Crippen LogP contribution in [0, 0.1) is 6.92 Å². The van der Waals surface area contributed by atoms with Crippen LogP contribution in [0.2, 0.25) is 5.02 Å². The van der Waals surface area contributed by atoms with Gasteiger partial charge in [-0.05, 0) is 66.6 Å². The molecule has 0 aromatic heterocycles. The van der Waals surface area contributed by atoms with Crippen LogP contribution in [0.3, 0.4) is 0 Å². The van der Waals surface area contributed by atoms with Gasteiger partial charge in [-0.25, -0.2) is 0 Å². The second-order valence-corrected chi connectivity index (χ2v) is 10.0. The first kappa shape index (κ1) is 26.7. The van der Waals surface area contributed by atoms with E-state index in [0.717, 1.165) is 34.4 Å². The molecule has 0 atom stereocenters. The number of carbonyl (C=O) groups excluding carboxylic acids is 2. The van der Waals surface area contributed by atoms with Crippen molar-refractivity contribution in [2.75, 3.05) is 16.8 Å². The topological polar surface area (TPSA) is 58.6 Å². The lowest BCUT2D eigenvalue weighted by Crippen LogP contribution is -2.27. The van der Waals surface area contributed by atoms with Gasteiger partial charge in [0.1, 0.15) is 5.75 Å². The summed E-state index contributed by atoms with van der Waals surface area (Å²) in [6.45, 7) is 1.60. The molecule has 1 aliphatic rings. The van der Waals surface area contributed by atoms with E-state index in [1.165, 1.54) is 12.1 Å². The van der Waals surface area contributed by atoms with Crippen LogP contribution in [0.4, 0.5) is 24.5 Å². The molecular weight excluding hydrogens is 545 g/mol. The average molecular weight is 563 g/mol. The SMILES string of the molecule is Cc1ccc(NC(=O)COc2cccc(/C=C3\SC(=S)N(c4cccc(C(F)(F)F)c4)C3=O)c2)cc1Cl. The molecular formula is C26H18ClF3N2O3S2. The Kier molecular flexibility index (Phi) is 7.91. The summed E-state index contributed by atoms with van der Waals surface area (Å²) in [6, 6.07) is 16.3. The molecule has 1 aliphatic heterocycles. The number of nitrogens with one attached hydrogen (secondary N) is 1. The van der Waals surface area contributed by atoms with Crippen molar-refractivity contribution < 1.29 is 27.5 Å². The molecule has 1 heterocycles. The molecule has 5 nitrogen and oxygen atoms in total. The molecule has 1 fully saturated rings. The molecule has 11 heteroatoms. The number of nitrogens with zero attached hydrogens (tertiary/aromatic N) is 1. The summed E-state index contributed by atoms with van der Waals surface area (Å²) in [5, 5.41) is 3.23. The molecule has 0 radical (unpaired) electrons. The lowest BCUT2D eigenvalue weighted by molar-refractivity contribution is -0.137. The van der Waals surface area contributed by atoms with Gasteiger partial charge in [-0.3, -0.25) is 14.5 Å². The van der Waals surface area contributed by atoms with Crippen molar-refractivity contribution in [2.24, 2.45) is 0 Å². The van der Waals surface area contributed by atoms with E-state index in [2.05, 4.69) is 5.32 Å². The van der Waals surface area contributed by atoms with Gasteiger partial charge in [0.2, 0.25) is 0 Å². The number of alkyl halides is 3. The van der Waals surface area contributed by atoms with E-state index in [9.17, 15) is 22.8 Å². The van der Waals surface area contributed by atoms with Crippen molar-refractivity contribution in [3.8, 4) is 5.75 Å². The van der Waals surface area contributed by atoms with Crippen LogP contribution in [0.1, 0.15) is 16.7 Å². The largest absolute Gasteiger partial charge is 0.484 e. The zero-order valence-corrected chi connectivity index (χ0v) is 21.5. The molecule has 1 N–H and O–H groups in total. The maximum absolute atomic E-state index is 13.1. The molecule has 4 rings (SSSR count). The molecule has 0 bridgehead atoms. The minimum Gasteiger partial charge on any atom is -0.484 e. The number of amides is 2. The third kappa shape index (κ3) is 6.51. The molecule has 0 unspecified atom stereocenters. The number of benzene rings is 3. The van der Waals surface area contributed by atoms with Crippen molar-refractivity contribution in [1.82, 2.24) is 0 Å². The van der Waals surface area contributed by atoms with E-state index >= 15 is 0 Å². The van der Waals surface area contributed by atoms with Gasteiger partial charge >= 0.3 is 6.18 Å². The number of rotatable bonds is 6. The molecule has 2 amide bonds. The Hall–Kier alpha value is -3.34. The normalized spacial score (nSPS) is 14.8. The van der Waals surface area contributed by atoms with Gasteiger partial charge in [0.25, 0.3) is 11.8 Å². The lowest BCUT2D eigenvalue weighted by atomic mass is 10.1. The minimum atomic E-state index is -4.54. The summed E-state index contributed by atoms with van der Waals surface area (Å²) in [7, 11) is 0. The summed E-state index contributed by atoms with van der Waals surface area (Å²) in [5.41, 5.74) is 1.19. The first-order valence-corrected chi connectivity index (χ1v) is 12.4. The van der Waals surface area contributed by atoms with Crippen LogP contribution in [0.5, 0.6) is 5.75 Å². The Labute approximate surface area is 225 Å². The Morgan fingerprint density at radius 3 is 2.62 bits per heavy atom. The molecule has 3 aromatic rings. The van der Waals surface area contributed by atoms with E-state index in [0.29, 0.717) is 22.0 Å². The third-order valence-corrected chi connectivity index (χ3v) is 6.92. The number of aryl methyl sites for hydroxylation is 1. The zero-order valence-electron chi connectivity index (χ0n) is 19.1. The molecule has 0 saturated carbocycles. The quantitative estimate of drug-likeness (QED) is 0.257. The van der Waals surface area contributed by atoms with Crippen molar-refractivity contribution in [1.29, 1.82) is 0 Å². The lowest BCUT2D eigenvalue weighted by Gasteiger charge is -2.16. The van der Waals surface area contributed by atoms with Gasteiger partial charge in [-0.2, -0.15) is 13.2 Å². The Bertz CT molecular complexity index is 1430. The van der Waals surface area contributed by atoms with Crippen LogP contribution in [-0.2, 0) is 15.8 Å². The molecule has 1 saturated heterocycles. The number of thioether (sulfide) groups is 1. The van der Waals surface area contributed by atoms with Gasteiger partial charge in [-0.15, -0.1) is 0 Å². The standard InChI is InChI=1S/C26H18ClF3N2O3S2/c1-15-8-9-18(13-21(15)27)31-23(33)14-35-20-7-2-4-16(10-20)11-22-24(34)32(25(36)37-22)19-6-3-5-17(12-19)26(28,29)30/h2-13H,14H2,1H3,(H,31,33)/b22-11-. The van der Waals surface area contributed by atoms with Gasteiger partial charge in [-0.1, -0.05) is 59.8 Å². The smallest absolute Gasteiger partial charge is 0.416 e. The number of anilines is 2. The first-order valence-electron chi connectivity index (χ1n) is 10.8. The van der Waals surface area contributed by atoms with Crippen LogP contribution in [-0.4, -0.2) is 22.7 Å². The molecule has 0 aliphatic carbocycles. The van der Waals surface area contributed by atoms with Crippen LogP contribution < -0.4 is 15.0 Å². The van der Waals surface area contributed by atoms with Crippen LogP contribution in [0.15, 0.2) is 71.6 Å². The number of ether oxygens (including phenoxy) is 1. The second kappa shape index (κ2) is 11.0. The Morgan fingerprint density at radius 1 is 1.14 bits per heavy atom. The van der Waals surface area contributed by atoms with E-state index in [1.54, 1.807) is 48.5 Å². The minimum absolute atomic E-state index is 0.0404. The summed E-state index contributed by atoms with van der Waals surface area (Å²) in [6.07, 6.45) is -2.98. The highest BCUT2D eigenvalue weighted by atomic mass is 35.5. The van der Waals surface area contributed by atoms with Crippen molar-refractivity contribution in [2.45, 2.75) is 13.1 Å². The Balaban J connectivity index is 1.44. The summed E-state index contributed by atoms with van der Waals surface area (Å²) >= 11 is 12.3. The maximum atomic E-state index is 13.1. The van der Waals surface area contributed by atoms with E-state index < -0.39 is 17.6 Å². The number of thiocarbonyl (C=S) groups is 1. The molecule has 190 valence electrons. The summed E-state index contributed by atoms with van der Waals surface area (Å²) < 4.78 is 45.0. The molecule has 37 heavy (non-hydrogen) atoms. The zero-order chi connectivity index (χ0) is 26.7. The first-order chi connectivity index (χ1) is 17.5. The fourth-order valence-electron chi connectivity index (χ4n) is 3.37. The maximum Gasteiger partial charge on any atom is 0.416 e. The predicted octanol–water partition coefficient (Wildman–Crippen LogP) is 7.09. The highest BCUT2D eigenvalue weighted by Gasteiger charge is 2.36. The number of carbonyl (C=O) groups is 2. The fraction of sp³-hybridized carbons (Fsp3) is 0.115. The van der Waals surface area contributed by atoms with Crippen LogP contribution in [0.25, 0.3) is 6.08 Å². The van der Waals surface area contributed by atoms with Crippen molar-refractivity contribution >= 4 is 69.2 Å². The van der Waals surface area contributed by atoms with E-state index in [4.69, 9.17) is 28.6 Å². The van der Waals surface area contributed by atoms with Crippen molar-refractivity contribution in [3.63, 3.8) is 0 Å². The third-order valence-electron chi connectivity index (χ3n) is 5.21. The van der Waals surface area contributed by atoms with Gasteiger partial charge in [0.15, 0.2) is 10.9 Å². The Morgan fingerprint density at radius 2 is 1.89 bits per heavy atom. The van der Waals surface area contributed by atoms with Gasteiger partial charge < -0.3 is 10.1 Å². The highest BCUT2D eigenvalue weighted by Crippen LogP contribution is 2.38. The molecule has 0 spiro atoms. The summed E-state index contributed by atoms with van der Waals surface area (Å²) in [4.78, 5) is 26.5. The van der Waals surface area contributed by atoms with Crippen LogP contribution >= 0.6 is 35.6 Å². The summed E-state index contributed by atoms with van der Waals surface area (Å²) in [5.74, 6) is -0.525. The molecule has 3 aromatic carbocycles. The second-order valence-electron chi connectivity index (χ2n) is 7.94. The highest BCUT2D eigenvalue weighted by molar-refractivity contribution is 8.27. The number of hydrogen-bond donors (Lipinski definition) is 1. The number of hydrogen-bond acceptors (Lipinski definition) is 5. The predicted molar refractivity (Wildman–Crippen MR) is 144 cm³/mol. The average Bonchev–Trinajstić information content (AvgIpc) is 3.12. The van der Waals surface area contributed by atoms with E-state index in [-0.39, 0.29) is 27.4 Å².